The minimum Gasteiger partial charge on any atom is -0.489 e. The molecule has 0 fully saturated rings. The van der Waals surface area contributed by atoms with E-state index in [9.17, 15) is 9.59 Å². The van der Waals surface area contributed by atoms with E-state index in [4.69, 9.17) is 28.9 Å². The number of benzene rings is 4. The molecule has 0 aliphatic carbocycles. The maximum Gasteiger partial charge on any atom is 0.348 e. The monoisotopic (exact) mass is 752 g/mol. The molecule has 0 aliphatic rings. The van der Waals surface area contributed by atoms with Gasteiger partial charge in [0, 0.05) is 27.6 Å². The predicted octanol–water partition coefficient (Wildman–Crippen LogP) is 9.69. The highest BCUT2D eigenvalue weighted by atomic mass is 32.2. The number of nitrogens with zero attached hydrogens (tertiary/aromatic N) is 4. The van der Waals surface area contributed by atoms with Gasteiger partial charge < -0.3 is 18.9 Å². The average Bonchev–Trinajstić information content (AvgIpc) is 3.76. The fourth-order valence-electron chi connectivity index (χ4n) is 6.03. The van der Waals surface area contributed by atoms with Gasteiger partial charge in [-0.25, -0.2) is 19.6 Å². The predicted molar refractivity (Wildman–Crippen MR) is 210 cm³/mol. The van der Waals surface area contributed by atoms with E-state index in [1.807, 2.05) is 97.1 Å². The van der Waals surface area contributed by atoms with E-state index < -0.39 is 11.9 Å². The van der Waals surface area contributed by atoms with Crippen molar-refractivity contribution in [2.45, 2.75) is 27.1 Å². The molecule has 4 heterocycles. The molecule has 268 valence electrons. The van der Waals surface area contributed by atoms with Crippen molar-refractivity contribution in [3.8, 4) is 34.0 Å². The van der Waals surface area contributed by atoms with E-state index in [0.717, 1.165) is 54.0 Å². The number of carbonyl (C=O) groups excluding carboxylic acids is 2. The molecule has 4 aromatic carbocycles. The number of esters is 2. The first-order chi connectivity index (χ1) is 26.5. The Morgan fingerprint density at radius 2 is 0.963 bits per heavy atom. The lowest BCUT2D eigenvalue weighted by atomic mass is 10.1. The minimum atomic E-state index is -0.452. The molecule has 0 bridgehead atoms. The van der Waals surface area contributed by atoms with E-state index >= 15 is 0 Å². The smallest absolute Gasteiger partial charge is 0.348 e. The molecule has 0 saturated carbocycles. The first-order valence-corrected chi connectivity index (χ1v) is 18.9. The molecule has 0 radical (unpaired) electrons. The number of carbonyl (C=O) groups is 2. The van der Waals surface area contributed by atoms with Gasteiger partial charge in [0.05, 0.1) is 63.1 Å². The van der Waals surface area contributed by atoms with Crippen molar-refractivity contribution >= 4 is 66.1 Å². The van der Waals surface area contributed by atoms with E-state index in [1.165, 1.54) is 22.7 Å². The lowest BCUT2D eigenvalue weighted by molar-refractivity contribution is 0.0520. The number of hydrogen-bond acceptors (Lipinski definition) is 12. The Labute approximate surface area is 318 Å². The first kappa shape index (κ1) is 34.8. The van der Waals surface area contributed by atoms with Gasteiger partial charge in [-0.1, -0.05) is 24.3 Å². The molecule has 0 saturated heterocycles. The van der Waals surface area contributed by atoms with Crippen LogP contribution in [0.3, 0.4) is 0 Å². The average molecular weight is 753 g/mol. The molecule has 8 aromatic rings. The lowest BCUT2D eigenvalue weighted by Gasteiger charge is -2.12. The van der Waals surface area contributed by atoms with Gasteiger partial charge in [-0.2, -0.15) is 0 Å². The number of ether oxygens (including phenoxy) is 4. The van der Waals surface area contributed by atoms with Crippen LogP contribution in [0.5, 0.6) is 11.5 Å². The van der Waals surface area contributed by atoms with Crippen LogP contribution in [0, 0.1) is 0 Å². The Kier molecular flexibility index (Phi) is 9.93. The number of fused-ring (bicyclic) bond motifs is 3. The van der Waals surface area contributed by atoms with Crippen LogP contribution in [-0.4, -0.2) is 45.1 Å². The number of para-hydroxylation sites is 4. The highest BCUT2D eigenvalue weighted by Crippen LogP contribution is 2.43. The zero-order valence-electron chi connectivity index (χ0n) is 29.3. The van der Waals surface area contributed by atoms with Crippen LogP contribution in [0.25, 0.3) is 54.0 Å². The molecule has 0 aliphatic heterocycles. The number of aromatic nitrogens is 4. The molecule has 0 amide bonds. The summed E-state index contributed by atoms with van der Waals surface area (Å²) >= 11 is 2.55. The fourth-order valence-corrected chi connectivity index (χ4v) is 8.62. The molecule has 0 unspecified atom stereocenters. The van der Waals surface area contributed by atoms with E-state index in [-0.39, 0.29) is 26.4 Å². The summed E-state index contributed by atoms with van der Waals surface area (Å²) in [5.41, 5.74) is 7.79. The molecule has 0 atom stereocenters. The summed E-state index contributed by atoms with van der Waals surface area (Å²) in [4.78, 5) is 45.9. The van der Waals surface area contributed by atoms with Crippen molar-refractivity contribution in [1.82, 2.24) is 19.9 Å². The second-order valence-electron chi connectivity index (χ2n) is 12.0. The third-order valence-electron chi connectivity index (χ3n) is 8.63. The lowest BCUT2D eigenvalue weighted by Crippen LogP contribution is -2.10. The third-order valence-corrected chi connectivity index (χ3v) is 11.1. The summed E-state index contributed by atoms with van der Waals surface area (Å²) < 4.78 is 24.3. The van der Waals surface area contributed by atoms with Crippen molar-refractivity contribution in [3.05, 3.63) is 130 Å². The summed E-state index contributed by atoms with van der Waals surface area (Å²) in [5.74, 6) is 0.284. The minimum absolute atomic E-state index is 0.0523. The quantitative estimate of drug-likeness (QED) is 0.112. The van der Waals surface area contributed by atoms with Crippen LogP contribution in [0.4, 0.5) is 0 Å². The first-order valence-electron chi connectivity index (χ1n) is 17.3. The standard InChI is InChI=1S/C42H32N4O6S2/c1-3-49-40(47)38-29(23-51-27-17-13-25(14-18-27)35-21-43-31-9-5-7-11-33(31)45-35)37-30(39(41(48)50-4-2)54-42(37)53-38)24-52-28-19-15-26(16-20-28)36-22-44-32-10-6-8-12-34(32)46-36/h5-22H,3-4,23-24H2,1-2H3. The molecule has 10 nitrogen and oxygen atoms in total. The van der Waals surface area contributed by atoms with Gasteiger partial charge in [0.15, 0.2) is 0 Å². The van der Waals surface area contributed by atoms with E-state index in [2.05, 4.69) is 9.97 Å². The van der Waals surface area contributed by atoms with Crippen molar-refractivity contribution in [2.24, 2.45) is 0 Å². The van der Waals surface area contributed by atoms with Gasteiger partial charge in [0.2, 0.25) is 0 Å². The Balaban J connectivity index is 1.08. The summed E-state index contributed by atoms with van der Waals surface area (Å²) in [6.07, 6.45) is 3.50. The second-order valence-corrected chi connectivity index (χ2v) is 14.3. The summed E-state index contributed by atoms with van der Waals surface area (Å²) in [5, 5.41) is 0.724. The van der Waals surface area contributed by atoms with Crippen LogP contribution in [-0.2, 0) is 22.7 Å². The molecule has 8 rings (SSSR count). The van der Waals surface area contributed by atoms with Crippen LogP contribution in [0.15, 0.2) is 109 Å². The van der Waals surface area contributed by atoms with Crippen LogP contribution in [0.2, 0.25) is 0 Å². The Bertz CT molecular complexity index is 2460. The SMILES string of the molecule is CCOC(=O)c1sc2sc(C(=O)OCC)c(COc3ccc(-c4cnc5ccccc5n4)cc3)c2c1COc1ccc(-c2cnc3ccccc3n2)cc1. The molecular formula is C42H32N4O6S2. The zero-order valence-corrected chi connectivity index (χ0v) is 30.9. The summed E-state index contributed by atoms with van der Waals surface area (Å²) in [6, 6.07) is 30.6. The van der Waals surface area contributed by atoms with Crippen molar-refractivity contribution in [1.29, 1.82) is 0 Å². The van der Waals surface area contributed by atoms with Crippen LogP contribution < -0.4 is 9.47 Å². The third kappa shape index (κ3) is 7.08. The number of rotatable bonds is 12. The normalized spacial score (nSPS) is 11.2. The van der Waals surface area contributed by atoms with Gasteiger partial charge in [-0.3, -0.25) is 9.97 Å². The Hall–Kier alpha value is -6.24. The van der Waals surface area contributed by atoms with Gasteiger partial charge >= 0.3 is 11.9 Å². The molecule has 0 spiro atoms. The summed E-state index contributed by atoms with van der Waals surface area (Å²) in [6.45, 7) is 4.07. The molecule has 54 heavy (non-hydrogen) atoms. The maximum atomic E-state index is 13.3. The molecule has 0 N–H and O–H groups in total. The van der Waals surface area contributed by atoms with Crippen molar-refractivity contribution in [3.63, 3.8) is 0 Å². The van der Waals surface area contributed by atoms with Crippen LogP contribution in [0.1, 0.15) is 44.3 Å². The van der Waals surface area contributed by atoms with Gasteiger partial charge in [0.1, 0.15) is 34.5 Å². The highest BCUT2D eigenvalue weighted by molar-refractivity contribution is 7.40. The largest absolute Gasteiger partial charge is 0.489 e. The van der Waals surface area contributed by atoms with E-state index in [0.29, 0.717) is 32.4 Å². The van der Waals surface area contributed by atoms with E-state index in [1.54, 1.807) is 26.2 Å². The molecular weight excluding hydrogens is 721 g/mol. The van der Waals surface area contributed by atoms with Crippen molar-refractivity contribution in [2.75, 3.05) is 13.2 Å². The maximum absolute atomic E-state index is 13.3. The topological polar surface area (TPSA) is 123 Å². The van der Waals surface area contributed by atoms with Gasteiger partial charge in [-0.15, -0.1) is 22.7 Å². The Morgan fingerprint density at radius 3 is 1.37 bits per heavy atom. The second kappa shape index (κ2) is 15.4. The Morgan fingerprint density at radius 1 is 0.556 bits per heavy atom. The van der Waals surface area contributed by atoms with Crippen molar-refractivity contribution < 1.29 is 28.5 Å². The van der Waals surface area contributed by atoms with Gasteiger partial charge in [-0.05, 0) is 86.6 Å². The number of thiophene rings is 2. The fraction of sp³-hybridized carbons (Fsp3) is 0.143. The van der Waals surface area contributed by atoms with Crippen LogP contribution >= 0.6 is 22.7 Å². The van der Waals surface area contributed by atoms with Gasteiger partial charge in [0.25, 0.3) is 0 Å². The molecule has 12 heteroatoms. The number of hydrogen-bond donors (Lipinski definition) is 0. The zero-order chi connectivity index (χ0) is 37.0. The molecule has 4 aromatic heterocycles. The highest BCUT2D eigenvalue weighted by Gasteiger charge is 2.29. The summed E-state index contributed by atoms with van der Waals surface area (Å²) in [7, 11) is 0.